The summed E-state index contributed by atoms with van der Waals surface area (Å²) in [4.78, 5) is 0. The lowest BCUT2D eigenvalue weighted by Gasteiger charge is -2.12. The summed E-state index contributed by atoms with van der Waals surface area (Å²) in [7, 11) is 0. The van der Waals surface area contributed by atoms with Gasteiger partial charge in [-0.3, -0.25) is 0 Å². The first-order valence-electron chi connectivity index (χ1n) is 3.61. The summed E-state index contributed by atoms with van der Waals surface area (Å²) in [5.41, 5.74) is 4.77. The lowest BCUT2D eigenvalue weighted by Crippen LogP contribution is -2.18. The van der Waals surface area contributed by atoms with Gasteiger partial charge >= 0.3 is 6.36 Å². The van der Waals surface area contributed by atoms with E-state index in [4.69, 9.17) is 5.73 Å². The van der Waals surface area contributed by atoms with Crippen LogP contribution < -0.4 is 10.5 Å². The molecule has 0 bridgehead atoms. The maximum Gasteiger partial charge on any atom is 0.573 e. The van der Waals surface area contributed by atoms with Gasteiger partial charge in [-0.05, 0) is 19.1 Å². The van der Waals surface area contributed by atoms with E-state index in [1.165, 1.54) is 6.92 Å². The third-order valence-electron chi connectivity index (χ3n) is 1.64. The van der Waals surface area contributed by atoms with Crippen molar-refractivity contribution in [2.45, 2.75) is 13.3 Å². The van der Waals surface area contributed by atoms with Crippen LogP contribution in [0.3, 0.4) is 0 Å². The van der Waals surface area contributed by atoms with E-state index in [1.807, 2.05) is 0 Å². The molecule has 0 aliphatic rings. The zero-order valence-electron chi connectivity index (χ0n) is 7.15. The predicted molar refractivity (Wildman–Crippen MR) is 42.2 cm³/mol. The van der Waals surface area contributed by atoms with E-state index >= 15 is 0 Å². The zero-order valence-corrected chi connectivity index (χ0v) is 7.15. The van der Waals surface area contributed by atoms with Crippen molar-refractivity contribution in [2.24, 2.45) is 0 Å². The minimum absolute atomic E-state index is 0.0673. The Kier molecular flexibility index (Phi) is 2.55. The smallest absolute Gasteiger partial charge is 0.405 e. The third-order valence-corrected chi connectivity index (χ3v) is 1.64. The van der Waals surface area contributed by atoms with Crippen LogP contribution in [-0.2, 0) is 0 Å². The highest BCUT2D eigenvalue weighted by molar-refractivity contribution is 5.54. The maximum atomic E-state index is 12.7. The fourth-order valence-electron chi connectivity index (χ4n) is 0.911. The van der Waals surface area contributed by atoms with Crippen molar-refractivity contribution in [1.82, 2.24) is 0 Å². The molecule has 0 aliphatic heterocycles. The van der Waals surface area contributed by atoms with Crippen LogP contribution in [0.4, 0.5) is 23.2 Å². The summed E-state index contributed by atoms with van der Waals surface area (Å²) in [5.74, 6) is -1.26. The highest BCUT2D eigenvalue weighted by atomic mass is 19.4. The molecule has 0 saturated heterocycles. The molecule has 0 radical (unpaired) electrons. The molecule has 0 amide bonds. The molecule has 0 heterocycles. The number of alkyl halides is 3. The van der Waals surface area contributed by atoms with E-state index in [-0.39, 0.29) is 11.3 Å². The van der Waals surface area contributed by atoms with E-state index in [1.54, 1.807) is 0 Å². The summed E-state index contributed by atoms with van der Waals surface area (Å²) >= 11 is 0. The van der Waals surface area contributed by atoms with Crippen LogP contribution in [0, 0.1) is 12.7 Å². The van der Waals surface area contributed by atoms with Gasteiger partial charge < -0.3 is 10.5 Å². The van der Waals surface area contributed by atoms with Gasteiger partial charge in [0.05, 0.1) is 5.69 Å². The van der Waals surface area contributed by atoms with Crippen LogP contribution in [0.25, 0.3) is 0 Å². The quantitative estimate of drug-likeness (QED) is 0.570. The fraction of sp³-hybridized carbons (Fsp3) is 0.250. The molecule has 0 spiro atoms. The number of nitrogens with two attached hydrogens (primary N) is 1. The van der Waals surface area contributed by atoms with Gasteiger partial charge in [0.1, 0.15) is 11.6 Å². The lowest BCUT2D eigenvalue weighted by molar-refractivity contribution is -0.274. The van der Waals surface area contributed by atoms with Gasteiger partial charge in [0, 0.05) is 5.56 Å². The van der Waals surface area contributed by atoms with Crippen molar-refractivity contribution >= 4 is 5.69 Å². The van der Waals surface area contributed by atoms with Crippen molar-refractivity contribution in [2.75, 3.05) is 5.73 Å². The highest BCUT2D eigenvalue weighted by Crippen LogP contribution is 2.30. The van der Waals surface area contributed by atoms with E-state index in [9.17, 15) is 17.6 Å². The molecular weight excluding hydrogens is 202 g/mol. The van der Waals surface area contributed by atoms with Gasteiger partial charge in [-0.1, -0.05) is 0 Å². The number of ether oxygens (including phenoxy) is 1. The Morgan fingerprint density at radius 1 is 1.29 bits per heavy atom. The lowest BCUT2D eigenvalue weighted by atomic mass is 10.2. The minimum atomic E-state index is -4.80. The zero-order chi connectivity index (χ0) is 10.9. The van der Waals surface area contributed by atoms with Crippen LogP contribution in [0.2, 0.25) is 0 Å². The largest absolute Gasteiger partial charge is 0.573 e. The van der Waals surface area contributed by atoms with Crippen LogP contribution >= 0.6 is 0 Å². The Hall–Kier alpha value is -1.46. The van der Waals surface area contributed by atoms with Gasteiger partial charge in [-0.15, -0.1) is 13.2 Å². The molecule has 2 N–H and O–H groups in total. The van der Waals surface area contributed by atoms with Gasteiger partial charge in [-0.25, -0.2) is 4.39 Å². The first-order valence-corrected chi connectivity index (χ1v) is 3.61. The number of benzene rings is 1. The molecule has 2 nitrogen and oxygen atoms in total. The van der Waals surface area contributed by atoms with E-state index in [2.05, 4.69) is 4.74 Å². The molecule has 1 aromatic carbocycles. The molecule has 0 unspecified atom stereocenters. The number of nitrogen functional groups attached to an aromatic ring is 1. The van der Waals surface area contributed by atoms with Crippen LogP contribution in [-0.4, -0.2) is 6.36 Å². The second-order valence-corrected chi connectivity index (χ2v) is 2.63. The highest BCUT2D eigenvalue weighted by Gasteiger charge is 2.32. The van der Waals surface area contributed by atoms with Gasteiger partial charge in [0.2, 0.25) is 0 Å². The van der Waals surface area contributed by atoms with Crippen molar-refractivity contribution in [3.63, 3.8) is 0 Å². The van der Waals surface area contributed by atoms with Crippen LogP contribution in [0.15, 0.2) is 12.1 Å². The average Bonchev–Trinajstić information content (AvgIpc) is 2.04. The number of hydrogen-bond acceptors (Lipinski definition) is 2. The molecule has 14 heavy (non-hydrogen) atoms. The summed E-state index contributed by atoms with van der Waals surface area (Å²) < 4.78 is 51.7. The van der Waals surface area contributed by atoms with Crippen molar-refractivity contribution in [3.8, 4) is 5.75 Å². The molecule has 6 heteroatoms. The minimum Gasteiger partial charge on any atom is -0.405 e. The summed E-state index contributed by atoms with van der Waals surface area (Å²) in [6.07, 6.45) is -4.80. The Morgan fingerprint density at radius 3 is 2.36 bits per heavy atom. The van der Waals surface area contributed by atoms with E-state index in [0.717, 1.165) is 12.1 Å². The Labute approximate surface area is 77.3 Å². The van der Waals surface area contributed by atoms with Crippen LogP contribution in [0.1, 0.15) is 5.56 Å². The predicted octanol–water partition coefficient (Wildman–Crippen LogP) is 2.61. The molecule has 0 fully saturated rings. The Morgan fingerprint density at radius 2 is 1.86 bits per heavy atom. The molecule has 1 rings (SSSR count). The number of rotatable bonds is 1. The molecule has 1 aromatic rings. The topological polar surface area (TPSA) is 35.2 Å². The molecule has 0 saturated carbocycles. The third kappa shape index (κ3) is 2.27. The second kappa shape index (κ2) is 3.36. The van der Waals surface area contributed by atoms with Crippen molar-refractivity contribution in [3.05, 3.63) is 23.5 Å². The Bertz CT molecular complexity index is 348. The molecular formula is C8H7F4NO. The molecule has 0 aliphatic carbocycles. The molecule has 0 atom stereocenters. The fourth-order valence-corrected chi connectivity index (χ4v) is 0.911. The standard InChI is InChI=1S/C8H7F4NO/c1-4-6(14-8(10,11)12)3-2-5(9)7(4)13/h2-3H,13H2,1H3. The number of anilines is 1. The van der Waals surface area contributed by atoms with Crippen molar-refractivity contribution < 1.29 is 22.3 Å². The summed E-state index contributed by atoms with van der Waals surface area (Å²) in [6, 6.07) is 1.71. The Balaban J connectivity index is 3.06. The first-order chi connectivity index (χ1) is 6.31. The second-order valence-electron chi connectivity index (χ2n) is 2.63. The van der Waals surface area contributed by atoms with Gasteiger partial charge in [0.25, 0.3) is 0 Å². The SMILES string of the molecule is Cc1c(OC(F)(F)F)ccc(F)c1N. The summed E-state index contributed by atoms with van der Waals surface area (Å²) in [6.45, 7) is 1.25. The van der Waals surface area contributed by atoms with Crippen LogP contribution in [0.5, 0.6) is 5.75 Å². The van der Waals surface area contributed by atoms with E-state index < -0.39 is 17.9 Å². The normalized spacial score (nSPS) is 11.5. The monoisotopic (exact) mass is 209 g/mol. The maximum absolute atomic E-state index is 12.7. The van der Waals surface area contributed by atoms with Crippen molar-refractivity contribution in [1.29, 1.82) is 0 Å². The van der Waals surface area contributed by atoms with E-state index in [0.29, 0.717) is 0 Å². The summed E-state index contributed by atoms with van der Waals surface area (Å²) in [5, 5.41) is 0. The molecule has 78 valence electrons. The number of halogens is 4. The number of hydrogen-bond donors (Lipinski definition) is 1. The first kappa shape index (κ1) is 10.6. The molecule has 0 aromatic heterocycles. The average molecular weight is 209 g/mol. The van der Waals surface area contributed by atoms with Gasteiger partial charge in [0.15, 0.2) is 0 Å². The van der Waals surface area contributed by atoms with Gasteiger partial charge in [-0.2, -0.15) is 0 Å².